The van der Waals surface area contributed by atoms with Crippen LogP contribution < -0.4 is 14.3 Å². The number of ether oxygens (including phenoxy) is 2. The molecule has 0 aliphatic heterocycles. The third kappa shape index (κ3) is 5.77. The maximum atomic E-state index is 12.2. The van der Waals surface area contributed by atoms with Crippen LogP contribution in [0.3, 0.4) is 0 Å². The van der Waals surface area contributed by atoms with E-state index < -0.39 is 10.0 Å². The topological polar surface area (TPSA) is 77.0 Å². The quantitative estimate of drug-likeness (QED) is 0.508. The number of hydrazone groups is 1. The van der Waals surface area contributed by atoms with Crippen LogP contribution in [0.2, 0.25) is 0 Å². The molecule has 2 rings (SSSR count). The Morgan fingerprint density at radius 2 is 1.69 bits per heavy atom. The summed E-state index contributed by atoms with van der Waals surface area (Å²) in [5.41, 5.74) is 0.665. The molecular formula is C19H24N2O4S. The highest BCUT2D eigenvalue weighted by molar-refractivity contribution is 7.89. The molecule has 2 aromatic carbocycles. The molecule has 1 N–H and O–H groups in total. The minimum absolute atomic E-state index is 0.155. The highest BCUT2D eigenvalue weighted by atomic mass is 32.2. The van der Waals surface area contributed by atoms with Crippen molar-refractivity contribution in [3.63, 3.8) is 0 Å². The molecule has 140 valence electrons. The summed E-state index contributed by atoms with van der Waals surface area (Å²) in [6.45, 7) is 5.22. The molecule has 0 spiro atoms. The Balaban J connectivity index is 2.15. The Morgan fingerprint density at radius 3 is 2.38 bits per heavy atom. The van der Waals surface area contributed by atoms with Gasteiger partial charge in [0, 0.05) is 11.6 Å². The Labute approximate surface area is 154 Å². The minimum atomic E-state index is -3.69. The van der Waals surface area contributed by atoms with Crippen LogP contribution >= 0.6 is 0 Å². The summed E-state index contributed by atoms with van der Waals surface area (Å²) >= 11 is 0. The first-order chi connectivity index (χ1) is 12.6. The van der Waals surface area contributed by atoms with E-state index >= 15 is 0 Å². The fourth-order valence-corrected chi connectivity index (χ4v) is 2.90. The molecule has 0 unspecified atom stereocenters. The lowest BCUT2D eigenvalue weighted by Crippen LogP contribution is -2.18. The third-order valence-electron chi connectivity index (χ3n) is 3.35. The van der Waals surface area contributed by atoms with Crippen molar-refractivity contribution in [3.8, 4) is 11.5 Å². The zero-order chi connectivity index (χ0) is 18.8. The zero-order valence-corrected chi connectivity index (χ0v) is 15.8. The highest BCUT2D eigenvalue weighted by Gasteiger charge is 2.11. The van der Waals surface area contributed by atoms with E-state index in [9.17, 15) is 8.42 Å². The molecule has 0 fully saturated rings. The largest absolute Gasteiger partial charge is 0.493 e. The van der Waals surface area contributed by atoms with E-state index in [1.165, 1.54) is 18.3 Å². The zero-order valence-electron chi connectivity index (χ0n) is 15.0. The van der Waals surface area contributed by atoms with Gasteiger partial charge >= 0.3 is 0 Å². The first kappa shape index (κ1) is 19.8. The molecule has 0 bridgehead atoms. The van der Waals surface area contributed by atoms with E-state index in [4.69, 9.17) is 9.47 Å². The molecule has 26 heavy (non-hydrogen) atoms. The minimum Gasteiger partial charge on any atom is -0.493 e. The van der Waals surface area contributed by atoms with E-state index in [-0.39, 0.29) is 4.90 Å². The van der Waals surface area contributed by atoms with E-state index in [1.54, 1.807) is 30.3 Å². The third-order valence-corrected chi connectivity index (χ3v) is 4.59. The molecule has 0 radical (unpaired) electrons. The second kappa shape index (κ2) is 9.82. The van der Waals surface area contributed by atoms with Crippen molar-refractivity contribution in [2.24, 2.45) is 5.10 Å². The van der Waals surface area contributed by atoms with E-state index in [0.29, 0.717) is 30.3 Å². The van der Waals surface area contributed by atoms with Gasteiger partial charge in [0.1, 0.15) is 11.5 Å². The molecule has 7 heteroatoms. The van der Waals surface area contributed by atoms with Crippen LogP contribution in [0.4, 0.5) is 0 Å². The lowest BCUT2D eigenvalue weighted by atomic mass is 10.2. The van der Waals surface area contributed by atoms with Crippen molar-refractivity contribution in [1.29, 1.82) is 0 Å². The maximum absolute atomic E-state index is 12.2. The lowest BCUT2D eigenvalue weighted by molar-refractivity contribution is 0.301. The van der Waals surface area contributed by atoms with Gasteiger partial charge < -0.3 is 9.47 Å². The number of benzene rings is 2. The number of hydrogen-bond donors (Lipinski definition) is 1. The number of rotatable bonds is 10. The Kier molecular flexibility index (Phi) is 7.47. The van der Waals surface area contributed by atoms with Gasteiger partial charge in [0.25, 0.3) is 10.0 Å². The van der Waals surface area contributed by atoms with Gasteiger partial charge in [-0.25, -0.2) is 4.83 Å². The first-order valence-electron chi connectivity index (χ1n) is 8.56. The SMILES string of the molecule is CCCOc1ccc(/C=N\NS(=O)(=O)c2ccccc2)c(OCCC)c1. The standard InChI is InChI=1S/C19H24N2O4S/c1-3-12-24-17-11-10-16(19(14-17)25-13-4-2)15-20-21-26(22,23)18-8-6-5-7-9-18/h5-11,14-15,21H,3-4,12-13H2,1-2H3/b20-15-. The molecule has 0 aliphatic carbocycles. The summed E-state index contributed by atoms with van der Waals surface area (Å²) in [4.78, 5) is 2.37. The Hall–Kier alpha value is -2.54. The van der Waals surface area contributed by atoms with Crippen LogP contribution in [0.5, 0.6) is 11.5 Å². The van der Waals surface area contributed by atoms with Crippen molar-refractivity contribution in [1.82, 2.24) is 4.83 Å². The van der Waals surface area contributed by atoms with Gasteiger partial charge in [0.15, 0.2) is 0 Å². The number of hydrogen-bond acceptors (Lipinski definition) is 5. The van der Waals surface area contributed by atoms with Crippen molar-refractivity contribution in [2.75, 3.05) is 13.2 Å². The maximum Gasteiger partial charge on any atom is 0.276 e. The smallest absolute Gasteiger partial charge is 0.276 e. The van der Waals surface area contributed by atoms with Gasteiger partial charge in [-0.15, -0.1) is 0 Å². The van der Waals surface area contributed by atoms with Crippen LogP contribution in [0.25, 0.3) is 0 Å². The average molecular weight is 376 g/mol. The number of nitrogens with zero attached hydrogens (tertiary/aromatic N) is 1. The normalized spacial score (nSPS) is 11.5. The van der Waals surface area contributed by atoms with E-state index in [2.05, 4.69) is 9.93 Å². The second-order valence-electron chi connectivity index (χ2n) is 5.56. The molecule has 0 aliphatic rings. The molecule has 2 aromatic rings. The van der Waals surface area contributed by atoms with Crippen LogP contribution in [-0.4, -0.2) is 27.8 Å². The molecule has 0 heterocycles. The summed E-state index contributed by atoms with van der Waals surface area (Å²) in [7, 11) is -3.69. The second-order valence-corrected chi connectivity index (χ2v) is 7.22. The van der Waals surface area contributed by atoms with Crippen LogP contribution in [0, 0.1) is 0 Å². The van der Waals surface area contributed by atoms with Gasteiger partial charge in [-0.3, -0.25) is 0 Å². The highest BCUT2D eigenvalue weighted by Crippen LogP contribution is 2.24. The Morgan fingerprint density at radius 1 is 1.00 bits per heavy atom. The predicted molar refractivity (Wildman–Crippen MR) is 102 cm³/mol. The van der Waals surface area contributed by atoms with Crippen LogP contribution in [0.15, 0.2) is 58.5 Å². The van der Waals surface area contributed by atoms with Crippen LogP contribution in [0.1, 0.15) is 32.3 Å². The summed E-state index contributed by atoms with van der Waals surface area (Å²) < 4.78 is 35.7. The summed E-state index contributed by atoms with van der Waals surface area (Å²) in [5, 5.41) is 3.87. The molecule has 6 nitrogen and oxygen atoms in total. The van der Waals surface area contributed by atoms with Crippen LogP contribution in [-0.2, 0) is 10.0 Å². The summed E-state index contributed by atoms with van der Waals surface area (Å²) in [6, 6.07) is 13.5. The van der Waals surface area contributed by atoms with Gasteiger partial charge in [0.05, 0.1) is 24.3 Å². The molecule has 0 atom stereocenters. The van der Waals surface area contributed by atoms with Gasteiger partial charge in [0.2, 0.25) is 0 Å². The van der Waals surface area contributed by atoms with Crippen molar-refractivity contribution in [3.05, 3.63) is 54.1 Å². The molecule has 0 aromatic heterocycles. The molecule has 0 saturated heterocycles. The molecular weight excluding hydrogens is 352 g/mol. The average Bonchev–Trinajstić information content (AvgIpc) is 2.66. The van der Waals surface area contributed by atoms with Crippen molar-refractivity contribution >= 4 is 16.2 Å². The van der Waals surface area contributed by atoms with E-state index in [0.717, 1.165) is 12.8 Å². The monoisotopic (exact) mass is 376 g/mol. The van der Waals surface area contributed by atoms with Crippen molar-refractivity contribution < 1.29 is 17.9 Å². The van der Waals surface area contributed by atoms with Gasteiger partial charge in [-0.2, -0.15) is 13.5 Å². The summed E-state index contributed by atoms with van der Waals surface area (Å²) in [5.74, 6) is 1.31. The fourth-order valence-electron chi connectivity index (χ4n) is 2.09. The number of nitrogens with one attached hydrogen (secondary N) is 1. The molecule has 0 amide bonds. The van der Waals surface area contributed by atoms with Gasteiger partial charge in [-0.05, 0) is 37.1 Å². The number of sulfonamides is 1. The molecule has 0 saturated carbocycles. The van der Waals surface area contributed by atoms with E-state index in [1.807, 2.05) is 19.9 Å². The van der Waals surface area contributed by atoms with Gasteiger partial charge in [-0.1, -0.05) is 32.0 Å². The summed E-state index contributed by atoms with van der Waals surface area (Å²) in [6.07, 6.45) is 3.20. The lowest BCUT2D eigenvalue weighted by Gasteiger charge is -2.11. The Bertz CT molecular complexity index is 821. The first-order valence-corrected chi connectivity index (χ1v) is 10.0. The fraction of sp³-hybridized carbons (Fsp3) is 0.316. The predicted octanol–water partition coefficient (Wildman–Crippen LogP) is 3.58. The van der Waals surface area contributed by atoms with Crippen molar-refractivity contribution in [2.45, 2.75) is 31.6 Å².